The minimum Gasteiger partial charge on any atom is -0.0885 e. The smallest absolute Gasteiger partial charge is 0.0351 e. The highest BCUT2D eigenvalue weighted by atomic mass is 13.8. The monoisotopic (exact) mass is 110 g/mol. The highest BCUT2D eigenvalue weighted by Gasteiger charge is 1.74. The van der Waals surface area contributed by atoms with Crippen molar-refractivity contribution in [2.24, 2.45) is 0 Å². The van der Waals surface area contributed by atoms with Crippen LogP contribution in [0.2, 0.25) is 0 Å². The molecule has 0 aromatic carbocycles. The van der Waals surface area contributed by atoms with Gasteiger partial charge in [0.1, 0.15) is 0 Å². The van der Waals surface area contributed by atoms with Gasteiger partial charge in [0.2, 0.25) is 0 Å². The lowest BCUT2D eigenvalue weighted by atomic mass is 10.2. The average molecular weight is 110 g/mol. The normalized spacial score (nSPS) is 10.8. The molecule has 0 fully saturated rings. The highest BCUT2D eigenvalue weighted by molar-refractivity contribution is 4.81. The summed E-state index contributed by atoms with van der Waals surface area (Å²) in [5, 5.41) is 0. The molecule has 8 heavy (non-hydrogen) atoms. The minimum atomic E-state index is 0.914. The van der Waals surface area contributed by atoms with Gasteiger partial charge in [-0.25, -0.2) is 0 Å². The number of hydrogen-bond acceptors (Lipinski definition) is 0. The molecule has 0 unspecified atom stereocenters. The van der Waals surface area contributed by atoms with E-state index in [1.807, 2.05) is 0 Å². The fourth-order valence-electron chi connectivity index (χ4n) is 0.498. The number of hydrogen-bond donors (Lipinski definition) is 0. The number of allylic oxidation sites excluding steroid dienone is 2. The van der Waals surface area contributed by atoms with Crippen LogP contribution in [0, 0.1) is 13.8 Å². The van der Waals surface area contributed by atoms with E-state index < -0.39 is 0 Å². The summed E-state index contributed by atoms with van der Waals surface area (Å²) in [5.74, 6) is 0. The lowest BCUT2D eigenvalue weighted by Crippen LogP contribution is -1.65. The fourth-order valence-corrected chi connectivity index (χ4v) is 0.498. The molecule has 0 aliphatic rings. The Labute approximate surface area is 52.6 Å². The van der Waals surface area contributed by atoms with Gasteiger partial charge in [-0.3, -0.25) is 0 Å². The molecule has 0 bridgehead atoms. The summed E-state index contributed by atoms with van der Waals surface area (Å²) in [5.41, 5.74) is 0. The second-order valence-corrected chi connectivity index (χ2v) is 1.76. The van der Waals surface area contributed by atoms with Crippen LogP contribution in [0.4, 0.5) is 0 Å². The first-order valence-electron chi connectivity index (χ1n) is 3.15. The van der Waals surface area contributed by atoms with Gasteiger partial charge in [0, 0.05) is 0 Å². The maximum atomic E-state index is 3.73. The molecule has 0 heterocycles. The first-order valence-corrected chi connectivity index (χ1v) is 3.15. The Hall–Kier alpha value is -0.260. The maximum Gasteiger partial charge on any atom is -0.0351 e. The Morgan fingerprint density at radius 1 is 1.12 bits per heavy atom. The Morgan fingerprint density at radius 2 is 1.88 bits per heavy atom. The third-order valence-corrected chi connectivity index (χ3v) is 0.954. The van der Waals surface area contributed by atoms with Gasteiger partial charge in [0.15, 0.2) is 0 Å². The molecule has 0 aliphatic heterocycles. The topological polar surface area (TPSA) is 0 Å². The van der Waals surface area contributed by atoms with Crippen molar-refractivity contribution in [3.63, 3.8) is 0 Å². The van der Waals surface area contributed by atoms with Crippen molar-refractivity contribution in [1.29, 1.82) is 0 Å². The Bertz CT molecular complexity index is 53.1. The predicted molar refractivity (Wildman–Crippen MR) is 38.3 cm³/mol. The standard InChI is InChI=1S/C8H14/c1-3-5-7-8-6-4-2/h5,7H,1-4,6,8H2. The molecule has 0 spiro atoms. The molecule has 0 heteroatoms. The van der Waals surface area contributed by atoms with Crippen molar-refractivity contribution in [2.45, 2.75) is 25.7 Å². The first-order chi connectivity index (χ1) is 3.91. The summed E-state index contributed by atoms with van der Waals surface area (Å²) in [6.07, 6.45) is 8.59. The summed E-state index contributed by atoms with van der Waals surface area (Å²) < 4.78 is 0. The number of rotatable bonds is 4. The molecular weight excluding hydrogens is 96.1 g/mol. The van der Waals surface area contributed by atoms with Crippen LogP contribution in [0.5, 0.6) is 0 Å². The SMILES string of the molecule is [CH2]CC=CCCC[CH2]. The van der Waals surface area contributed by atoms with Crippen LogP contribution in [-0.4, -0.2) is 0 Å². The first kappa shape index (κ1) is 7.74. The molecule has 0 aliphatic carbocycles. The summed E-state index contributed by atoms with van der Waals surface area (Å²) in [7, 11) is 0. The van der Waals surface area contributed by atoms with Crippen molar-refractivity contribution >= 4 is 0 Å². The predicted octanol–water partition coefficient (Wildman–Crippen LogP) is 2.77. The van der Waals surface area contributed by atoms with Gasteiger partial charge in [-0.15, -0.1) is 0 Å². The van der Waals surface area contributed by atoms with Crippen molar-refractivity contribution in [1.82, 2.24) is 0 Å². The largest absolute Gasteiger partial charge is 0.0885 e. The Kier molecular flexibility index (Phi) is 6.52. The van der Waals surface area contributed by atoms with Crippen LogP contribution >= 0.6 is 0 Å². The zero-order chi connectivity index (χ0) is 6.24. The zero-order valence-corrected chi connectivity index (χ0v) is 5.40. The van der Waals surface area contributed by atoms with Crippen molar-refractivity contribution in [2.75, 3.05) is 0 Å². The molecule has 46 valence electrons. The summed E-state index contributed by atoms with van der Waals surface area (Å²) >= 11 is 0. The molecule has 0 rings (SSSR count). The van der Waals surface area contributed by atoms with E-state index in [9.17, 15) is 0 Å². The molecule has 0 nitrogen and oxygen atoms in total. The molecular formula is C8H14. The van der Waals surface area contributed by atoms with Crippen molar-refractivity contribution in [3.05, 3.63) is 26.0 Å². The van der Waals surface area contributed by atoms with Crippen LogP contribution in [0.1, 0.15) is 25.7 Å². The lowest BCUT2D eigenvalue weighted by molar-refractivity contribution is 0.864. The van der Waals surface area contributed by atoms with E-state index in [0.717, 1.165) is 12.8 Å². The Morgan fingerprint density at radius 3 is 2.38 bits per heavy atom. The van der Waals surface area contributed by atoms with E-state index >= 15 is 0 Å². The molecule has 0 aromatic rings. The summed E-state index contributed by atoms with van der Waals surface area (Å²) in [6, 6.07) is 0. The van der Waals surface area contributed by atoms with E-state index in [1.54, 1.807) is 0 Å². The van der Waals surface area contributed by atoms with E-state index in [-0.39, 0.29) is 0 Å². The molecule has 2 radical (unpaired) electrons. The van der Waals surface area contributed by atoms with E-state index in [1.165, 1.54) is 12.8 Å². The van der Waals surface area contributed by atoms with Gasteiger partial charge >= 0.3 is 0 Å². The highest BCUT2D eigenvalue weighted by Crippen LogP contribution is 1.94. The molecule has 0 amide bonds. The number of unbranched alkanes of at least 4 members (excludes halogenated alkanes) is 2. The van der Waals surface area contributed by atoms with E-state index in [4.69, 9.17) is 0 Å². The molecule has 0 saturated heterocycles. The quantitative estimate of drug-likeness (QED) is 0.385. The van der Waals surface area contributed by atoms with Crippen LogP contribution in [0.25, 0.3) is 0 Å². The molecule has 0 N–H and O–H groups in total. The summed E-state index contributed by atoms with van der Waals surface area (Å²) in [4.78, 5) is 0. The van der Waals surface area contributed by atoms with Gasteiger partial charge in [-0.05, 0) is 26.2 Å². The molecule has 0 atom stereocenters. The lowest BCUT2D eigenvalue weighted by Gasteiger charge is -1.85. The van der Waals surface area contributed by atoms with Crippen molar-refractivity contribution in [3.8, 4) is 0 Å². The zero-order valence-electron chi connectivity index (χ0n) is 5.40. The van der Waals surface area contributed by atoms with Gasteiger partial charge < -0.3 is 0 Å². The third-order valence-electron chi connectivity index (χ3n) is 0.954. The average Bonchev–Trinajstić information content (AvgIpc) is 1.81. The van der Waals surface area contributed by atoms with Crippen LogP contribution < -0.4 is 0 Å². The Balaban J connectivity index is 2.80. The maximum absolute atomic E-state index is 3.73. The minimum absolute atomic E-state index is 0.914. The second kappa shape index (κ2) is 6.74. The molecule has 0 saturated carbocycles. The van der Waals surface area contributed by atoms with Crippen LogP contribution in [-0.2, 0) is 0 Å². The van der Waals surface area contributed by atoms with Gasteiger partial charge in [-0.2, -0.15) is 0 Å². The van der Waals surface area contributed by atoms with E-state index in [0.29, 0.717) is 0 Å². The third kappa shape index (κ3) is 5.74. The van der Waals surface area contributed by atoms with E-state index in [2.05, 4.69) is 26.0 Å². The fraction of sp³-hybridized carbons (Fsp3) is 0.500. The molecule has 0 aromatic heterocycles. The second-order valence-electron chi connectivity index (χ2n) is 1.76. The van der Waals surface area contributed by atoms with Gasteiger partial charge in [0.25, 0.3) is 0 Å². The van der Waals surface area contributed by atoms with Gasteiger partial charge in [-0.1, -0.05) is 25.5 Å². The van der Waals surface area contributed by atoms with Crippen molar-refractivity contribution < 1.29 is 0 Å². The van der Waals surface area contributed by atoms with Crippen LogP contribution in [0.3, 0.4) is 0 Å². The van der Waals surface area contributed by atoms with Gasteiger partial charge in [0.05, 0.1) is 0 Å². The summed E-state index contributed by atoms with van der Waals surface area (Å²) in [6.45, 7) is 7.41. The van der Waals surface area contributed by atoms with Crippen LogP contribution in [0.15, 0.2) is 12.2 Å².